The van der Waals surface area contributed by atoms with E-state index in [4.69, 9.17) is 0 Å². The fraction of sp³-hybridized carbons (Fsp3) is 0.429. The van der Waals surface area contributed by atoms with Gasteiger partial charge in [0.25, 0.3) is 0 Å². The number of aromatic amines is 2. The molecule has 330 valence electrons. The minimum absolute atomic E-state index is 0. The van der Waals surface area contributed by atoms with E-state index in [-0.39, 0.29) is 33.6 Å². The molecule has 0 saturated carbocycles. The maximum Gasteiger partial charge on any atom is 0.218 e. The van der Waals surface area contributed by atoms with Crippen LogP contribution in [0.2, 0.25) is 0 Å². The summed E-state index contributed by atoms with van der Waals surface area (Å²) >= 11 is 0. The highest BCUT2D eigenvalue weighted by molar-refractivity contribution is 7.88. The topological polar surface area (TPSA) is 258 Å². The molecule has 0 bridgehead atoms. The smallest absolute Gasteiger partial charge is 0.218 e. The quantitative estimate of drug-likeness (QED) is 0.100. The zero-order chi connectivity index (χ0) is 42.0. The zero-order valence-corrected chi connectivity index (χ0v) is 36.4. The van der Waals surface area contributed by atoms with Crippen molar-refractivity contribution in [2.75, 3.05) is 67.5 Å². The van der Waals surface area contributed by atoms with E-state index in [1.165, 1.54) is 20.9 Å². The fourth-order valence-electron chi connectivity index (χ4n) is 7.09. The standard InChI is InChI=1S/2C17H25N3O2S.C8H6O4.2H2O/c2*1-19(2)10-7-15-12-18-17-6-5-14(11-16(15)17)13-23(21,22)20-8-3-4-9-20;9-7(10)5-1-2-6(4-3-5)8(11)12;;/h2*5-6,11-12,18H,3-4,7-10,13H2,1-2H3;1-4H,(H,9,10)(H,11,12);2*1H2. The summed E-state index contributed by atoms with van der Waals surface area (Å²) in [4.78, 5) is 29.8. The second-order valence-electron chi connectivity index (χ2n) is 15.7. The van der Waals surface area contributed by atoms with E-state index < -0.39 is 32.0 Å². The molecule has 60 heavy (non-hydrogen) atoms. The van der Waals surface area contributed by atoms with Crippen LogP contribution in [0.5, 0.6) is 0 Å². The second-order valence-corrected chi connectivity index (χ2v) is 19.6. The first-order chi connectivity index (χ1) is 27.5. The Balaban J connectivity index is 0.000000248. The Bertz CT molecular complexity index is 2220. The van der Waals surface area contributed by atoms with Crippen LogP contribution in [0.3, 0.4) is 0 Å². The zero-order valence-electron chi connectivity index (χ0n) is 34.8. The number of hydrogen-bond donors (Lipinski definition) is 4. The molecule has 0 aliphatic carbocycles. The Kier molecular flexibility index (Phi) is 18.4. The summed E-state index contributed by atoms with van der Waals surface area (Å²) in [6.45, 7) is 4.81. The Morgan fingerprint density at radius 2 is 0.917 bits per heavy atom. The molecule has 0 amide bonds. The number of H-pyrrole nitrogens is 2. The van der Waals surface area contributed by atoms with Gasteiger partial charge in [-0.2, -0.15) is 0 Å². The van der Waals surface area contributed by atoms with Crippen LogP contribution in [0, 0.1) is 0 Å². The van der Waals surface area contributed by atoms with Crippen molar-refractivity contribution in [3.63, 3.8) is 0 Å². The van der Waals surface area contributed by atoms with Crippen molar-refractivity contribution in [1.29, 1.82) is 0 Å². The molecule has 2 aliphatic heterocycles. The number of carboxylic acids is 2. The average molecular weight is 873 g/mol. The van der Waals surface area contributed by atoms with Gasteiger partial charge in [-0.3, -0.25) is 0 Å². The molecule has 0 unspecified atom stereocenters. The molecule has 0 atom stereocenters. The minimum atomic E-state index is -3.18. The first-order valence-corrected chi connectivity index (χ1v) is 23.0. The molecule has 2 saturated heterocycles. The monoisotopic (exact) mass is 872 g/mol. The normalized spacial score (nSPS) is 14.6. The highest BCUT2D eigenvalue weighted by Gasteiger charge is 2.27. The molecule has 18 heteroatoms. The van der Waals surface area contributed by atoms with Gasteiger partial charge in [0.15, 0.2) is 0 Å². The van der Waals surface area contributed by atoms with Crippen LogP contribution < -0.4 is 20.0 Å². The van der Waals surface area contributed by atoms with Crippen LogP contribution in [0.1, 0.15) is 68.7 Å². The molecule has 3 aromatic carbocycles. The van der Waals surface area contributed by atoms with Gasteiger partial charge in [0.2, 0.25) is 20.0 Å². The van der Waals surface area contributed by atoms with Gasteiger partial charge in [-0.05, 0) is 83.3 Å². The second kappa shape index (κ2) is 22.3. The summed E-state index contributed by atoms with van der Waals surface area (Å²) < 4.78 is 53.2. The predicted octanol–water partition coefficient (Wildman–Crippen LogP) is -1.67. The van der Waals surface area contributed by atoms with Crippen molar-refractivity contribution in [1.82, 2.24) is 18.6 Å². The van der Waals surface area contributed by atoms with Gasteiger partial charge in [-0.1, -0.05) is 36.4 Å². The van der Waals surface area contributed by atoms with Crippen LogP contribution in [0.25, 0.3) is 21.8 Å². The van der Waals surface area contributed by atoms with Crippen LogP contribution in [-0.2, 0) is 44.4 Å². The number of nitrogens with one attached hydrogen (secondary N) is 4. The van der Waals surface area contributed by atoms with E-state index in [9.17, 15) is 36.6 Å². The van der Waals surface area contributed by atoms with Gasteiger partial charge < -0.3 is 50.5 Å². The van der Waals surface area contributed by atoms with Crippen LogP contribution in [0.15, 0.2) is 73.1 Å². The molecular weight excluding hydrogens is 813 g/mol. The Morgan fingerprint density at radius 1 is 0.583 bits per heavy atom. The number of aromatic nitrogens is 2. The number of fused-ring (bicyclic) bond motifs is 2. The number of likely N-dealkylation sites (N-methyl/N-ethyl adjacent to an activating group) is 2. The summed E-state index contributed by atoms with van der Waals surface area (Å²) in [5.74, 6) is -2.46. The van der Waals surface area contributed by atoms with Gasteiger partial charge in [-0.15, -0.1) is 0 Å². The Labute approximate surface area is 352 Å². The highest BCUT2D eigenvalue weighted by atomic mass is 32.2. The third kappa shape index (κ3) is 13.7. The molecule has 7 rings (SSSR count). The molecule has 2 aromatic heterocycles. The van der Waals surface area contributed by atoms with Crippen molar-refractivity contribution in [3.05, 3.63) is 106 Å². The number of nitrogens with zero attached hydrogens (tertiary/aromatic N) is 2. The van der Waals surface area contributed by atoms with Gasteiger partial charge >= 0.3 is 0 Å². The van der Waals surface area contributed by atoms with Crippen molar-refractivity contribution in [3.8, 4) is 0 Å². The predicted molar refractivity (Wildman–Crippen MR) is 229 cm³/mol. The minimum Gasteiger partial charge on any atom is -0.545 e. The van der Waals surface area contributed by atoms with Crippen molar-refractivity contribution < 1.29 is 57.4 Å². The maximum absolute atomic E-state index is 12.5. The molecule has 2 aliphatic rings. The van der Waals surface area contributed by atoms with E-state index in [1.807, 2.05) is 48.8 Å². The Hall–Kier alpha value is -4.66. The first-order valence-electron chi connectivity index (χ1n) is 19.8. The summed E-state index contributed by atoms with van der Waals surface area (Å²) in [5, 5.41) is 22.7. The van der Waals surface area contributed by atoms with E-state index in [2.05, 4.69) is 38.2 Å². The number of rotatable bonds is 14. The number of sulfonamides is 2. The average Bonchev–Trinajstić information content (AvgIpc) is 4.01. The number of quaternary nitrogens is 2. The Morgan fingerprint density at radius 3 is 1.22 bits per heavy atom. The maximum atomic E-state index is 12.5. The third-order valence-corrected chi connectivity index (χ3v) is 14.1. The molecule has 0 spiro atoms. The van der Waals surface area contributed by atoms with E-state index in [1.54, 1.807) is 8.61 Å². The lowest BCUT2D eigenvalue weighted by atomic mass is 10.1. The van der Waals surface area contributed by atoms with Crippen LogP contribution in [0.4, 0.5) is 0 Å². The molecule has 8 N–H and O–H groups in total. The van der Waals surface area contributed by atoms with Crippen LogP contribution in [-0.4, -0.2) is 126 Å². The van der Waals surface area contributed by atoms with Gasteiger partial charge in [0, 0.05) is 73.2 Å². The van der Waals surface area contributed by atoms with E-state index in [0.717, 1.165) is 109 Å². The number of hydrogen-bond acceptors (Lipinski definition) is 8. The fourth-order valence-corrected chi connectivity index (χ4v) is 10.3. The van der Waals surface area contributed by atoms with Crippen molar-refractivity contribution in [2.24, 2.45) is 0 Å². The van der Waals surface area contributed by atoms with Crippen molar-refractivity contribution >= 4 is 53.8 Å². The number of aromatic carboxylic acids is 2. The first kappa shape index (κ1) is 49.7. The third-order valence-electron chi connectivity index (χ3n) is 10.4. The number of carbonyl (C=O) groups excluding carboxylic acids is 2. The number of benzene rings is 3. The summed E-state index contributed by atoms with van der Waals surface area (Å²) in [6.07, 6.45) is 9.99. The summed E-state index contributed by atoms with van der Waals surface area (Å²) in [6, 6.07) is 16.5. The summed E-state index contributed by atoms with van der Waals surface area (Å²) in [7, 11) is 2.20. The lowest BCUT2D eigenvalue weighted by molar-refractivity contribution is -0.858. The highest BCUT2D eigenvalue weighted by Crippen LogP contribution is 2.25. The van der Waals surface area contributed by atoms with Gasteiger partial charge in [-0.25, -0.2) is 25.4 Å². The molecule has 0 radical (unpaired) electrons. The van der Waals surface area contributed by atoms with Gasteiger partial charge in [0.05, 0.1) is 64.7 Å². The van der Waals surface area contributed by atoms with Gasteiger partial charge in [0.1, 0.15) is 0 Å². The lowest BCUT2D eigenvalue weighted by Crippen LogP contribution is -3.05. The molecule has 2 fully saturated rings. The van der Waals surface area contributed by atoms with E-state index in [0.29, 0.717) is 26.2 Å². The molecular formula is C42H60N6O10S2. The number of carbonyl (C=O) groups is 2. The van der Waals surface area contributed by atoms with E-state index >= 15 is 0 Å². The van der Waals surface area contributed by atoms with Crippen molar-refractivity contribution in [2.45, 2.75) is 50.0 Å². The summed E-state index contributed by atoms with van der Waals surface area (Å²) in [5.41, 5.74) is 6.33. The SMILES string of the molecule is C[NH+](C)CCc1c[nH]c2ccc(CS(=O)(=O)N3CCCC3)cc12.C[NH+](C)CCc1c[nH]c2ccc(CS(=O)(=O)N3CCCC3)cc12.O.O.O=C([O-])c1ccc(C(=O)[O-])cc1. The van der Waals surface area contributed by atoms with Crippen LogP contribution >= 0.6 is 0 Å². The lowest BCUT2D eigenvalue weighted by Gasteiger charge is -2.15. The molecule has 16 nitrogen and oxygen atoms in total. The molecule has 4 heterocycles. The number of carboxylic acid groups (broad SMARTS) is 2. The molecule has 5 aromatic rings. The largest absolute Gasteiger partial charge is 0.545 e.